The quantitative estimate of drug-likeness (QED) is 0.126. The molecule has 3 heterocycles. The number of hydrogen-bond donors (Lipinski definition) is 6. The second kappa shape index (κ2) is 19.3. The molecule has 5 amide bonds. The van der Waals surface area contributed by atoms with Crippen LogP contribution in [0.3, 0.4) is 0 Å². The van der Waals surface area contributed by atoms with Crippen molar-refractivity contribution in [3.63, 3.8) is 0 Å². The average Bonchev–Trinajstić information content (AvgIpc) is 3.73. The van der Waals surface area contributed by atoms with Gasteiger partial charge in [0.2, 0.25) is 29.5 Å². The molecule has 12 nitrogen and oxygen atoms in total. The monoisotopic (exact) mass is 785 g/mol. The Kier molecular flexibility index (Phi) is 13.6. The lowest BCUT2D eigenvalue weighted by molar-refractivity contribution is -0.142. The van der Waals surface area contributed by atoms with E-state index < -0.39 is 59.7 Å². The van der Waals surface area contributed by atoms with Crippen LogP contribution in [0, 0.1) is 0 Å². The van der Waals surface area contributed by atoms with Crippen molar-refractivity contribution in [1.29, 1.82) is 0 Å². The van der Waals surface area contributed by atoms with E-state index in [1.54, 1.807) is 48.5 Å². The van der Waals surface area contributed by atoms with Crippen LogP contribution < -0.4 is 26.6 Å². The Bertz CT molecular complexity index is 2160. The number of carboxylic acids is 1. The molecule has 2 aliphatic heterocycles. The fraction of sp³-hybridized carbons (Fsp3) is 0.227. The summed E-state index contributed by atoms with van der Waals surface area (Å²) in [5.41, 5.74) is 4.40. The minimum absolute atomic E-state index is 0.0275. The van der Waals surface area contributed by atoms with Crippen molar-refractivity contribution in [3.8, 4) is 11.1 Å². The lowest BCUT2D eigenvalue weighted by atomic mass is 9.99. The second-order valence-electron chi connectivity index (χ2n) is 13.8. The van der Waals surface area contributed by atoms with E-state index in [1.165, 1.54) is 11.3 Å². The molecule has 6 N–H and O–H groups in total. The summed E-state index contributed by atoms with van der Waals surface area (Å²) in [6.45, 7) is 0. The second-order valence-corrected chi connectivity index (χ2v) is 14.9. The number of nitrogens with one attached hydrogen (secondary N) is 5. The Labute approximate surface area is 334 Å². The molecular formula is C44H43N5O7S. The van der Waals surface area contributed by atoms with Gasteiger partial charge in [0, 0.05) is 49.1 Å². The van der Waals surface area contributed by atoms with Gasteiger partial charge < -0.3 is 31.7 Å². The number of amides is 5. The summed E-state index contributed by atoms with van der Waals surface area (Å²) < 4.78 is 0. The van der Waals surface area contributed by atoms with Crippen molar-refractivity contribution in [2.45, 2.75) is 62.7 Å². The smallest absolute Gasteiger partial charge is 0.326 e. The highest BCUT2D eigenvalue weighted by Crippen LogP contribution is 2.21. The van der Waals surface area contributed by atoms with E-state index >= 15 is 0 Å². The van der Waals surface area contributed by atoms with Crippen LogP contribution in [-0.2, 0) is 54.5 Å². The molecule has 4 aromatic carbocycles. The summed E-state index contributed by atoms with van der Waals surface area (Å²) in [5, 5.41) is 25.7. The summed E-state index contributed by atoms with van der Waals surface area (Å²) in [6.07, 6.45) is -0.261. The first kappa shape index (κ1) is 40.1. The van der Waals surface area contributed by atoms with Gasteiger partial charge in [-0.05, 0) is 51.4 Å². The number of carbonyl (C=O) groups is 6. The molecule has 13 heteroatoms. The normalized spacial score (nSPS) is 19.9. The molecule has 2 aliphatic rings. The third-order valence-electron chi connectivity index (χ3n) is 9.56. The fourth-order valence-electron chi connectivity index (χ4n) is 6.50. The van der Waals surface area contributed by atoms with Gasteiger partial charge in [0.05, 0.1) is 0 Å². The molecule has 2 bridgehead atoms. The van der Waals surface area contributed by atoms with Gasteiger partial charge in [-0.25, -0.2) is 4.79 Å². The number of rotatable bonds is 8. The van der Waals surface area contributed by atoms with Crippen molar-refractivity contribution in [1.82, 2.24) is 21.3 Å². The van der Waals surface area contributed by atoms with Crippen LogP contribution in [0.25, 0.3) is 11.1 Å². The number of benzene rings is 4. The van der Waals surface area contributed by atoms with E-state index in [0.717, 1.165) is 16.0 Å². The largest absolute Gasteiger partial charge is 0.480 e. The van der Waals surface area contributed by atoms with Gasteiger partial charge in [-0.1, -0.05) is 103 Å². The molecule has 0 aliphatic carbocycles. The van der Waals surface area contributed by atoms with Crippen LogP contribution in [0.2, 0.25) is 0 Å². The maximum atomic E-state index is 14.4. The van der Waals surface area contributed by atoms with E-state index in [2.05, 4.69) is 26.6 Å². The predicted octanol–water partition coefficient (Wildman–Crippen LogP) is 4.44. The highest BCUT2D eigenvalue weighted by molar-refractivity contribution is 7.09. The average molecular weight is 786 g/mol. The molecular weight excluding hydrogens is 743 g/mol. The first-order valence-corrected chi connectivity index (χ1v) is 19.5. The number of thiophene rings is 1. The first-order chi connectivity index (χ1) is 27.6. The maximum absolute atomic E-state index is 14.4. The maximum Gasteiger partial charge on any atom is 0.326 e. The summed E-state index contributed by atoms with van der Waals surface area (Å²) in [4.78, 5) is 81.8. The lowest BCUT2D eigenvalue weighted by Crippen LogP contribution is -2.59. The molecule has 0 radical (unpaired) electrons. The zero-order valence-electron chi connectivity index (χ0n) is 31.0. The summed E-state index contributed by atoms with van der Waals surface area (Å²) in [5.74, 6) is -4.28. The standard InChI is InChI=1S/C44H43N5O7S/c50-39-21-22-40(51)46-37(27-34-12-7-23-57-34)43(54)48-36(25-29-13-17-32(18-14-29)31-10-5-2-6-11-31)41(52)47-35(24-28-8-3-1-4-9-28)42(53)49-38(44(55)56)26-30-15-19-33(45-39)20-16-30/h1-20,23,35-38H,21-22,24-27H2,(H,45,50)(H,46,51)(H,47,52)(H,48,54)(H,49,53)(H,55,56)/t35-,36-,37-,38+/m0/s1. The fourth-order valence-corrected chi connectivity index (χ4v) is 7.25. The molecule has 292 valence electrons. The number of hydrogen-bond acceptors (Lipinski definition) is 7. The minimum atomic E-state index is -1.35. The molecule has 4 atom stereocenters. The summed E-state index contributed by atoms with van der Waals surface area (Å²) in [6, 6.07) is 31.5. The van der Waals surface area contributed by atoms with Crippen LogP contribution >= 0.6 is 11.3 Å². The zero-order valence-corrected chi connectivity index (χ0v) is 31.8. The van der Waals surface area contributed by atoms with E-state index in [1.807, 2.05) is 78.2 Å². The number of fused-ring (bicyclic) bond motifs is 18. The molecule has 0 fully saturated rings. The van der Waals surface area contributed by atoms with E-state index in [4.69, 9.17) is 0 Å². The van der Waals surface area contributed by atoms with Crippen LogP contribution in [0.4, 0.5) is 5.69 Å². The van der Waals surface area contributed by atoms with Crippen LogP contribution in [0.15, 0.2) is 127 Å². The van der Waals surface area contributed by atoms with Crippen molar-refractivity contribution in [2.75, 3.05) is 5.32 Å². The van der Waals surface area contributed by atoms with E-state index in [0.29, 0.717) is 22.4 Å². The van der Waals surface area contributed by atoms with Gasteiger partial charge >= 0.3 is 5.97 Å². The van der Waals surface area contributed by atoms with Crippen molar-refractivity contribution >= 4 is 52.5 Å². The SMILES string of the molecule is O=C1CCC(=O)N[C@@H](Cc2cccs2)C(=O)N[C@@H](Cc2ccc(-c3ccccc3)cc2)C(=O)N[C@@H](Cc2ccccc2)C(=O)N[C@@H](C(=O)O)Cc2ccc(cc2)N1. The molecule has 0 saturated carbocycles. The molecule has 0 unspecified atom stereocenters. The minimum Gasteiger partial charge on any atom is -0.480 e. The Morgan fingerprint density at radius 1 is 0.561 bits per heavy atom. The Morgan fingerprint density at radius 3 is 1.70 bits per heavy atom. The number of aliphatic carboxylic acids is 1. The molecule has 0 spiro atoms. The highest BCUT2D eigenvalue weighted by Gasteiger charge is 2.32. The Morgan fingerprint density at radius 2 is 1.11 bits per heavy atom. The van der Waals surface area contributed by atoms with Gasteiger partial charge in [0.25, 0.3) is 0 Å². The number of carboxylic acid groups (broad SMARTS) is 1. The Hall–Kier alpha value is -6.60. The van der Waals surface area contributed by atoms with Crippen molar-refractivity contribution in [3.05, 3.63) is 148 Å². The van der Waals surface area contributed by atoms with Crippen LogP contribution in [0.1, 0.15) is 34.4 Å². The van der Waals surface area contributed by atoms with E-state index in [9.17, 15) is 33.9 Å². The van der Waals surface area contributed by atoms with Crippen molar-refractivity contribution < 1.29 is 33.9 Å². The lowest BCUT2D eigenvalue weighted by Gasteiger charge is -2.26. The summed E-state index contributed by atoms with van der Waals surface area (Å²) >= 11 is 1.41. The van der Waals surface area contributed by atoms with Crippen molar-refractivity contribution in [2.24, 2.45) is 0 Å². The first-order valence-electron chi connectivity index (χ1n) is 18.6. The third kappa shape index (κ3) is 11.7. The van der Waals surface area contributed by atoms with Gasteiger partial charge in [0.1, 0.15) is 24.2 Å². The van der Waals surface area contributed by atoms with Crippen LogP contribution in [-0.4, -0.2) is 64.8 Å². The zero-order chi connectivity index (χ0) is 40.1. The third-order valence-corrected chi connectivity index (χ3v) is 10.5. The van der Waals surface area contributed by atoms with Gasteiger partial charge in [-0.2, -0.15) is 0 Å². The van der Waals surface area contributed by atoms with Gasteiger partial charge in [-0.15, -0.1) is 11.3 Å². The van der Waals surface area contributed by atoms with Gasteiger partial charge in [-0.3, -0.25) is 24.0 Å². The molecule has 7 rings (SSSR count). The number of anilines is 1. The summed E-state index contributed by atoms with van der Waals surface area (Å²) in [7, 11) is 0. The molecule has 5 aromatic rings. The van der Waals surface area contributed by atoms with Gasteiger partial charge in [0.15, 0.2) is 0 Å². The predicted molar refractivity (Wildman–Crippen MR) is 217 cm³/mol. The Balaban J connectivity index is 1.34. The molecule has 57 heavy (non-hydrogen) atoms. The molecule has 0 saturated heterocycles. The highest BCUT2D eigenvalue weighted by atomic mass is 32.1. The van der Waals surface area contributed by atoms with E-state index in [-0.39, 0.29) is 38.5 Å². The topological polar surface area (TPSA) is 183 Å². The van der Waals surface area contributed by atoms with Crippen LogP contribution in [0.5, 0.6) is 0 Å². The molecule has 1 aromatic heterocycles. The number of carbonyl (C=O) groups excluding carboxylic acids is 5.